The second-order valence-electron chi connectivity index (χ2n) is 4.53. The van der Waals surface area contributed by atoms with Crippen molar-refractivity contribution in [2.24, 2.45) is 7.05 Å². The standard InChI is InChI=1S/C15H17N3O2/c1-3-4-9-14(19)16-10-13-11-7-5-6-8-12(11)15(20)18(2)17-13/h3,5-8H,1,4,9-10H2,2H3,(H,16,19). The molecule has 0 unspecified atom stereocenters. The Morgan fingerprint density at radius 2 is 2.10 bits per heavy atom. The molecule has 0 radical (unpaired) electrons. The molecule has 1 amide bonds. The number of nitrogens with one attached hydrogen (secondary N) is 1. The van der Waals surface area contributed by atoms with Crippen LogP contribution in [0, 0.1) is 0 Å². The van der Waals surface area contributed by atoms with Gasteiger partial charge in [-0.1, -0.05) is 24.3 Å². The number of carbonyl (C=O) groups excluding carboxylic acids is 1. The first-order valence-electron chi connectivity index (χ1n) is 6.46. The van der Waals surface area contributed by atoms with Crippen LogP contribution in [-0.2, 0) is 18.4 Å². The maximum atomic E-state index is 12.0. The van der Waals surface area contributed by atoms with Crippen LogP contribution in [0.5, 0.6) is 0 Å². The molecule has 0 atom stereocenters. The van der Waals surface area contributed by atoms with Crippen molar-refractivity contribution in [3.63, 3.8) is 0 Å². The molecule has 0 bridgehead atoms. The predicted octanol–water partition coefficient (Wildman–Crippen LogP) is 1.52. The van der Waals surface area contributed by atoms with E-state index in [1.807, 2.05) is 18.2 Å². The third-order valence-electron chi connectivity index (χ3n) is 3.06. The molecule has 1 N–H and O–H groups in total. The highest BCUT2D eigenvalue weighted by molar-refractivity contribution is 5.84. The number of rotatable bonds is 5. The summed E-state index contributed by atoms with van der Waals surface area (Å²) in [6.45, 7) is 3.89. The summed E-state index contributed by atoms with van der Waals surface area (Å²) in [6, 6.07) is 7.28. The Balaban J connectivity index is 2.26. The highest BCUT2D eigenvalue weighted by atomic mass is 16.1. The fourth-order valence-electron chi connectivity index (χ4n) is 2.01. The lowest BCUT2D eigenvalue weighted by molar-refractivity contribution is -0.121. The van der Waals surface area contributed by atoms with Gasteiger partial charge in [0.2, 0.25) is 5.91 Å². The molecule has 0 saturated heterocycles. The molecule has 1 aromatic carbocycles. The van der Waals surface area contributed by atoms with Crippen LogP contribution in [0.4, 0.5) is 0 Å². The molecular weight excluding hydrogens is 254 g/mol. The summed E-state index contributed by atoms with van der Waals surface area (Å²) in [4.78, 5) is 23.6. The molecule has 0 aliphatic carbocycles. The number of amides is 1. The molecule has 5 nitrogen and oxygen atoms in total. The summed E-state index contributed by atoms with van der Waals surface area (Å²) in [5.74, 6) is -0.0513. The van der Waals surface area contributed by atoms with Crippen molar-refractivity contribution in [2.75, 3.05) is 0 Å². The number of aryl methyl sites for hydroxylation is 1. The van der Waals surface area contributed by atoms with Gasteiger partial charge < -0.3 is 5.32 Å². The number of carbonyl (C=O) groups is 1. The molecule has 0 aliphatic heterocycles. The largest absolute Gasteiger partial charge is 0.350 e. The first-order valence-corrected chi connectivity index (χ1v) is 6.46. The lowest BCUT2D eigenvalue weighted by atomic mass is 10.1. The molecule has 104 valence electrons. The van der Waals surface area contributed by atoms with Gasteiger partial charge in [0.15, 0.2) is 0 Å². The van der Waals surface area contributed by atoms with E-state index < -0.39 is 0 Å². The number of fused-ring (bicyclic) bond motifs is 1. The fourth-order valence-corrected chi connectivity index (χ4v) is 2.01. The van der Waals surface area contributed by atoms with Gasteiger partial charge >= 0.3 is 0 Å². The van der Waals surface area contributed by atoms with Crippen molar-refractivity contribution in [3.8, 4) is 0 Å². The normalized spacial score (nSPS) is 10.4. The van der Waals surface area contributed by atoms with Crippen molar-refractivity contribution in [2.45, 2.75) is 19.4 Å². The smallest absolute Gasteiger partial charge is 0.274 e. The van der Waals surface area contributed by atoms with Crippen molar-refractivity contribution in [3.05, 3.63) is 53.0 Å². The molecule has 1 aromatic heterocycles. The van der Waals surface area contributed by atoms with Crippen molar-refractivity contribution in [1.82, 2.24) is 15.1 Å². The van der Waals surface area contributed by atoms with Crippen LogP contribution >= 0.6 is 0 Å². The first-order chi connectivity index (χ1) is 9.63. The molecular formula is C15H17N3O2. The van der Waals surface area contributed by atoms with E-state index in [2.05, 4.69) is 17.0 Å². The van der Waals surface area contributed by atoms with Gasteiger partial charge in [-0.05, 0) is 12.5 Å². The molecule has 5 heteroatoms. The minimum atomic E-state index is -0.137. The first kappa shape index (κ1) is 14.0. The maximum absolute atomic E-state index is 12.0. The van der Waals surface area contributed by atoms with Gasteiger partial charge in [-0.25, -0.2) is 4.68 Å². The van der Waals surface area contributed by atoms with Gasteiger partial charge in [-0.3, -0.25) is 9.59 Å². The zero-order chi connectivity index (χ0) is 14.5. The Kier molecular flexibility index (Phi) is 4.30. The Bertz CT molecular complexity index is 704. The van der Waals surface area contributed by atoms with Gasteiger partial charge in [-0.2, -0.15) is 5.10 Å². The van der Waals surface area contributed by atoms with E-state index in [1.54, 1.807) is 19.2 Å². The van der Waals surface area contributed by atoms with Gasteiger partial charge in [0.1, 0.15) is 0 Å². The Morgan fingerprint density at radius 1 is 1.40 bits per heavy atom. The highest BCUT2D eigenvalue weighted by Crippen LogP contribution is 2.12. The summed E-state index contributed by atoms with van der Waals surface area (Å²) in [5.41, 5.74) is 0.553. The molecule has 2 rings (SSSR count). The lowest BCUT2D eigenvalue weighted by Crippen LogP contribution is -2.27. The Hall–Kier alpha value is -2.43. The maximum Gasteiger partial charge on any atom is 0.274 e. The second kappa shape index (κ2) is 6.14. The number of nitrogens with zero attached hydrogens (tertiary/aromatic N) is 2. The number of aromatic nitrogens is 2. The number of hydrogen-bond acceptors (Lipinski definition) is 3. The van der Waals surface area contributed by atoms with E-state index in [9.17, 15) is 9.59 Å². The van der Waals surface area contributed by atoms with E-state index in [1.165, 1.54) is 4.68 Å². The zero-order valence-corrected chi connectivity index (χ0v) is 11.4. The summed E-state index contributed by atoms with van der Waals surface area (Å²) >= 11 is 0. The van der Waals surface area contributed by atoms with Crippen LogP contribution in [0.1, 0.15) is 18.5 Å². The van der Waals surface area contributed by atoms with Crippen LogP contribution in [0.2, 0.25) is 0 Å². The monoisotopic (exact) mass is 271 g/mol. The van der Waals surface area contributed by atoms with E-state index in [0.29, 0.717) is 30.5 Å². The average Bonchev–Trinajstić information content (AvgIpc) is 2.47. The quantitative estimate of drug-likeness (QED) is 0.838. The average molecular weight is 271 g/mol. The summed E-state index contributed by atoms with van der Waals surface area (Å²) in [5, 5.41) is 8.42. The van der Waals surface area contributed by atoms with E-state index in [4.69, 9.17) is 0 Å². The summed E-state index contributed by atoms with van der Waals surface area (Å²) in [7, 11) is 1.61. The molecule has 20 heavy (non-hydrogen) atoms. The van der Waals surface area contributed by atoms with Crippen molar-refractivity contribution >= 4 is 16.7 Å². The van der Waals surface area contributed by atoms with E-state index in [-0.39, 0.29) is 11.5 Å². The SMILES string of the molecule is C=CCCC(=O)NCc1nn(C)c(=O)c2ccccc12. The van der Waals surface area contributed by atoms with E-state index in [0.717, 1.165) is 5.39 Å². The Labute approximate surface area is 116 Å². The van der Waals surface area contributed by atoms with Crippen LogP contribution in [0.25, 0.3) is 10.8 Å². The van der Waals surface area contributed by atoms with Crippen LogP contribution in [-0.4, -0.2) is 15.7 Å². The minimum Gasteiger partial charge on any atom is -0.350 e. The third kappa shape index (κ3) is 2.93. The molecule has 0 saturated carbocycles. The van der Waals surface area contributed by atoms with Crippen molar-refractivity contribution in [1.29, 1.82) is 0 Å². The fraction of sp³-hybridized carbons (Fsp3) is 0.267. The molecule has 0 aliphatic rings. The van der Waals surface area contributed by atoms with Gasteiger partial charge in [0.05, 0.1) is 17.6 Å². The molecule has 0 spiro atoms. The third-order valence-corrected chi connectivity index (χ3v) is 3.06. The van der Waals surface area contributed by atoms with Gasteiger partial charge in [0, 0.05) is 18.9 Å². The van der Waals surface area contributed by atoms with Crippen molar-refractivity contribution < 1.29 is 4.79 Å². The number of benzene rings is 1. The zero-order valence-electron chi connectivity index (χ0n) is 11.4. The van der Waals surface area contributed by atoms with Crippen LogP contribution in [0.15, 0.2) is 41.7 Å². The van der Waals surface area contributed by atoms with Crippen LogP contribution < -0.4 is 10.9 Å². The molecule has 2 aromatic rings. The van der Waals surface area contributed by atoms with Crippen LogP contribution in [0.3, 0.4) is 0 Å². The summed E-state index contributed by atoms with van der Waals surface area (Å²) < 4.78 is 1.30. The van der Waals surface area contributed by atoms with Gasteiger partial charge in [-0.15, -0.1) is 6.58 Å². The Morgan fingerprint density at radius 3 is 2.80 bits per heavy atom. The number of allylic oxidation sites excluding steroid dienone is 1. The molecule has 0 fully saturated rings. The second-order valence-corrected chi connectivity index (χ2v) is 4.53. The lowest BCUT2D eigenvalue weighted by Gasteiger charge is -2.09. The highest BCUT2D eigenvalue weighted by Gasteiger charge is 2.09. The van der Waals surface area contributed by atoms with E-state index >= 15 is 0 Å². The van der Waals surface area contributed by atoms with Gasteiger partial charge in [0.25, 0.3) is 5.56 Å². The topological polar surface area (TPSA) is 64.0 Å². The number of hydrogen-bond donors (Lipinski definition) is 1. The summed E-state index contributed by atoms with van der Waals surface area (Å²) in [6.07, 6.45) is 2.76. The minimum absolute atomic E-state index is 0.0513. The molecule has 1 heterocycles. The predicted molar refractivity (Wildman–Crippen MR) is 78.3 cm³/mol.